The number of nitriles is 1. The van der Waals surface area contributed by atoms with Gasteiger partial charge in [0.2, 0.25) is 0 Å². The lowest BCUT2D eigenvalue weighted by molar-refractivity contribution is -0.123. The molecule has 2 rings (SSSR count). The summed E-state index contributed by atoms with van der Waals surface area (Å²) in [7, 11) is 0. The number of rotatable bonds is 5. The molecule has 0 unspecified atom stereocenters. The van der Waals surface area contributed by atoms with Crippen LogP contribution in [0.1, 0.15) is 18.4 Å². The lowest BCUT2D eigenvalue weighted by atomic mass is 10.2. The molecule has 1 aromatic carbocycles. The average Bonchev–Trinajstić information content (AvgIpc) is 3.18. The van der Waals surface area contributed by atoms with Crippen molar-refractivity contribution >= 4 is 5.91 Å². The van der Waals surface area contributed by atoms with Gasteiger partial charge < -0.3 is 10.1 Å². The molecule has 0 radical (unpaired) electrons. The van der Waals surface area contributed by atoms with E-state index in [1.165, 1.54) is 12.8 Å². The first kappa shape index (κ1) is 11.5. The highest BCUT2D eigenvalue weighted by Crippen LogP contribution is 2.27. The van der Waals surface area contributed by atoms with E-state index >= 15 is 0 Å². The topological polar surface area (TPSA) is 62.1 Å². The Labute approximate surface area is 100 Å². The molecule has 0 heterocycles. The van der Waals surface area contributed by atoms with Gasteiger partial charge in [0.1, 0.15) is 5.75 Å². The molecule has 88 valence electrons. The molecule has 1 saturated carbocycles. The van der Waals surface area contributed by atoms with Crippen molar-refractivity contribution in [1.82, 2.24) is 5.32 Å². The standard InChI is InChI=1S/C13H14N2O2/c14-7-10-3-5-12(6-4-10)17-9-13(16)15-8-11-1-2-11/h3-6,11H,1-2,8-9H2,(H,15,16). The highest BCUT2D eigenvalue weighted by atomic mass is 16.5. The zero-order chi connectivity index (χ0) is 12.1. The van der Waals surface area contributed by atoms with Crippen LogP contribution >= 0.6 is 0 Å². The molecule has 1 N–H and O–H groups in total. The Balaban J connectivity index is 1.72. The van der Waals surface area contributed by atoms with E-state index < -0.39 is 0 Å². The van der Waals surface area contributed by atoms with Crippen molar-refractivity contribution in [2.75, 3.05) is 13.2 Å². The van der Waals surface area contributed by atoms with E-state index in [0.29, 0.717) is 17.2 Å². The Hall–Kier alpha value is -2.02. The zero-order valence-corrected chi connectivity index (χ0v) is 9.48. The van der Waals surface area contributed by atoms with Gasteiger partial charge in [0.05, 0.1) is 11.6 Å². The highest BCUT2D eigenvalue weighted by Gasteiger charge is 2.21. The molecule has 0 bridgehead atoms. The molecule has 4 nitrogen and oxygen atoms in total. The summed E-state index contributed by atoms with van der Waals surface area (Å²) in [5.41, 5.74) is 0.579. The quantitative estimate of drug-likeness (QED) is 0.833. The first-order valence-corrected chi connectivity index (χ1v) is 5.67. The molecule has 0 aromatic heterocycles. The third-order valence-electron chi connectivity index (χ3n) is 2.64. The Morgan fingerprint density at radius 3 is 2.71 bits per heavy atom. The number of hydrogen-bond donors (Lipinski definition) is 1. The van der Waals surface area contributed by atoms with Gasteiger partial charge in [-0.1, -0.05) is 0 Å². The Kier molecular flexibility index (Phi) is 3.61. The summed E-state index contributed by atoms with van der Waals surface area (Å²) in [5, 5.41) is 11.4. The number of nitrogens with one attached hydrogen (secondary N) is 1. The third-order valence-corrected chi connectivity index (χ3v) is 2.64. The van der Waals surface area contributed by atoms with Crippen molar-refractivity contribution in [3.63, 3.8) is 0 Å². The van der Waals surface area contributed by atoms with Gasteiger partial charge in [-0.3, -0.25) is 4.79 Å². The Bertz CT molecular complexity index is 430. The van der Waals surface area contributed by atoms with E-state index in [2.05, 4.69) is 5.32 Å². The fourth-order valence-electron chi connectivity index (χ4n) is 1.41. The molecule has 1 fully saturated rings. The normalized spacial score (nSPS) is 13.8. The molecular weight excluding hydrogens is 216 g/mol. The summed E-state index contributed by atoms with van der Waals surface area (Å²) in [4.78, 5) is 11.4. The smallest absolute Gasteiger partial charge is 0.257 e. The summed E-state index contributed by atoms with van der Waals surface area (Å²) < 4.78 is 5.30. The van der Waals surface area contributed by atoms with Crippen LogP contribution in [0.15, 0.2) is 24.3 Å². The lowest BCUT2D eigenvalue weighted by Crippen LogP contribution is -2.30. The molecule has 0 atom stereocenters. The van der Waals surface area contributed by atoms with Gasteiger partial charge in [-0.05, 0) is 43.0 Å². The fourth-order valence-corrected chi connectivity index (χ4v) is 1.41. The Morgan fingerprint density at radius 1 is 1.41 bits per heavy atom. The van der Waals surface area contributed by atoms with Crippen molar-refractivity contribution < 1.29 is 9.53 Å². The summed E-state index contributed by atoms with van der Waals surface area (Å²) in [5.74, 6) is 1.18. The van der Waals surface area contributed by atoms with Gasteiger partial charge in [-0.15, -0.1) is 0 Å². The number of amides is 1. The van der Waals surface area contributed by atoms with E-state index in [0.717, 1.165) is 6.54 Å². The van der Waals surface area contributed by atoms with Gasteiger partial charge in [-0.25, -0.2) is 0 Å². The summed E-state index contributed by atoms with van der Waals surface area (Å²) in [6.45, 7) is 0.786. The average molecular weight is 230 g/mol. The molecule has 1 aliphatic carbocycles. The van der Waals surface area contributed by atoms with E-state index in [1.807, 2.05) is 6.07 Å². The molecule has 17 heavy (non-hydrogen) atoms. The predicted octanol–water partition coefficient (Wildman–Crippen LogP) is 1.46. The molecule has 1 amide bonds. The van der Waals surface area contributed by atoms with Crippen LogP contribution in [0.3, 0.4) is 0 Å². The summed E-state index contributed by atoms with van der Waals surface area (Å²) in [6.07, 6.45) is 2.44. The molecule has 1 aromatic rings. The van der Waals surface area contributed by atoms with E-state index in [4.69, 9.17) is 10.00 Å². The van der Waals surface area contributed by atoms with Gasteiger partial charge in [0.15, 0.2) is 6.61 Å². The number of carbonyl (C=O) groups excluding carboxylic acids is 1. The summed E-state index contributed by atoms with van der Waals surface area (Å²) >= 11 is 0. The second-order valence-corrected chi connectivity index (χ2v) is 4.17. The highest BCUT2D eigenvalue weighted by molar-refractivity contribution is 5.77. The van der Waals surface area contributed by atoms with Gasteiger partial charge in [0.25, 0.3) is 5.91 Å². The third kappa shape index (κ3) is 3.80. The molecular formula is C13H14N2O2. The monoisotopic (exact) mass is 230 g/mol. The second-order valence-electron chi connectivity index (χ2n) is 4.17. The van der Waals surface area contributed by atoms with Crippen molar-refractivity contribution in [3.05, 3.63) is 29.8 Å². The second kappa shape index (κ2) is 5.35. The van der Waals surface area contributed by atoms with Crippen molar-refractivity contribution in [1.29, 1.82) is 5.26 Å². The minimum Gasteiger partial charge on any atom is -0.484 e. The van der Waals surface area contributed by atoms with Crippen molar-refractivity contribution in [2.45, 2.75) is 12.8 Å². The van der Waals surface area contributed by atoms with Crippen LogP contribution in [0, 0.1) is 17.2 Å². The number of nitrogens with zero attached hydrogens (tertiary/aromatic N) is 1. The van der Waals surface area contributed by atoms with Crippen LogP contribution in [0.25, 0.3) is 0 Å². The van der Waals surface area contributed by atoms with Crippen LogP contribution in [0.2, 0.25) is 0 Å². The maximum Gasteiger partial charge on any atom is 0.257 e. The van der Waals surface area contributed by atoms with Gasteiger partial charge in [-0.2, -0.15) is 5.26 Å². The predicted molar refractivity (Wildman–Crippen MR) is 62.4 cm³/mol. The maximum atomic E-state index is 11.4. The minimum absolute atomic E-state index is 0.0264. The molecule has 0 aliphatic heterocycles. The maximum absolute atomic E-state index is 11.4. The van der Waals surface area contributed by atoms with Crippen LogP contribution in [0.4, 0.5) is 0 Å². The van der Waals surface area contributed by atoms with Crippen molar-refractivity contribution in [3.8, 4) is 11.8 Å². The van der Waals surface area contributed by atoms with E-state index in [-0.39, 0.29) is 12.5 Å². The zero-order valence-electron chi connectivity index (χ0n) is 9.48. The molecule has 0 saturated heterocycles. The lowest BCUT2D eigenvalue weighted by Gasteiger charge is -2.06. The van der Waals surface area contributed by atoms with E-state index in [1.54, 1.807) is 24.3 Å². The number of carbonyl (C=O) groups is 1. The van der Waals surface area contributed by atoms with Crippen molar-refractivity contribution in [2.24, 2.45) is 5.92 Å². The summed E-state index contributed by atoms with van der Waals surface area (Å²) in [6, 6.07) is 8.73. The SMILES string of the molecule is N#Cc1ccc(OCC(=O)NCC2CC2)cc1. The number of ether oxygens (including phenoxy) is 1. The van der Waals surface area contributed by atoms with Crippen LogP contribution in [-0.4, -0.2) is 19.1 Å². The van der Waals surface area contributed by atoms with Gasteiger partial charge >= 0.3 is 0 Å². The number of hydrogen-bond acceptors (Lipinski definition) is 3. The largest absolute Gasteiger partial charge is 0.484 e. The fraction of sp³-hybridized carbons (Fsp3) is 0.385. The van der Waals surface area contributed by atoms with Crippen LogP contribution < -0.4 is 10.1 Å². The van der Waals surface area contributed by atoms with Gasteiger partial charge in [0, 0.05) is 6.54 Å². The Morgan fingerprint density at radius 2 is 2.12 bits per heavy atom. The van der Waals surface area contributed by atoms with Crippen LogP contribution in [0.5, 0.6) is 5.75 Å². The number of benzene rings is 1. The molecule has 4 heteroatoms. The minimum atomic E-state index is -0.0961. The van der Waals surface area contributed by atoms with E-state index in [9.17, 15) is 4.79 Å². The first-order chi connectivity index (χ1) is 8.28. The molecule has 0 spiro atoms. The first-order valence-electron chi connectivity index (χ1n) is 5.67. The molecule has 1 aliphatic rings. The van der Waals surface area contributed by atoms with Crippen LogP contribution in [-0.2, 0) is 4.79 Å².